The quantitative estimate of drug-likeness (QED) is 0.222. The Hall–Kier alpha value is -5.14. The standard InChI is InChI=1S/C39H29N/c1-28-14-5-11-24-36(28)40(37-25-12-10-21-33(37)30-15-3-2-4-16-30)38-27-26-31-18-7-9-22-34(31)39(38)35-23-13-19-29-17-6-8-20-32(29)35/h2-27H,1H3. The summed E-state index contributed by atoms with van der Waals surface area (Å²) in [6.07, 6.45) is 0. The first-order valence-electron chi connectivity index (χ1n) is 13.8. The predicted octanol–water partition coefficient (Wildman–Crippen LogP) is 11.1. The molecule has 0 bridgehead atoms. The number of aryl methyl sites for hydroxylation is 1. The van der Waals surface area contributed by atoms with Crippen molar-refractivity contribution in [2.24, 2.45) is 0 Å². The van der Waals surface area contributed by atoms with Crippen LogP contribution in [0.25, 0.3) is 43.8 Å². The molecule has 0 aliphatic carbocycles. The summed E-state index contributed by atoms with van der Waals surface area (Å²) in [5.74, 6) is 0. The second kappa shape index (κ2) is 10.2. The summed E-state index contributed by atoms with van der Waals surface area (Å²) in [7, 11) is 0. The summed E-state index contributed by atoms with van der Waals surface area (Å²) in [6, 6.07) is 56.8. The fraction of sp³-hybridized carbons (Fsp3) is 0.0256. The number of para-hydroxylation sites is 2. The molecule has 1 heteroatoms. The molecule has 7 aromatic rings. The van der Waals surface area contributed by atoms with Gasteiger partial charge in [0, 0.05) is 16.8 Å². The van der Waals surface area contributed by atoms with Crippen molar-refractivity contribution >= 4 is 38.6 Å². The van der Waals surface area contributed by atoms with Crippen LogP contribution < -0.4 is 4.90 Å². The van der Waals surface area contributed by atoms with Crippen LogP contribution in [0.3, 0.4) is 0 Å². The van der Waals surface area contributed by atoms with Gasteiger partial charge in [-0.1, -0.05) is 140 Å². The molecule has 0 radical (unpaired) electrons. The molecule has 7 rings (SSSR count). The number of benzene rings is 7. The maximum Gasteiger partial charge on any atom is 0.0547 e. The van der Waals surface area contributed by atoms with E-state index < -0.39 is 0 Å². The zero-order valence-corrected chi connectivity index (χ0v) is 22.5. The first kappa shape index (κ1) is 23.9. The van der Waals surface area contributed by atoms with Crippen LogP contribution >= 0.6 is 0 Å². The van der Waals surface area contributed by atoms with Gasteiger partial charge in [-0.2, -0.15) is 0 Å². The van der Waals surface area contributed by atoms with E-state index in [1.54, 1.807) is 0 Å². The minimum atomic E-state index is 1.15. The third kappa shape index (κ3) is 4.13. The fourth-order valence-electron chi connectivity index (χ4n) is 5.91. The van der Waals surface area contributed by atoms with E-state index in [0.717, 1.165) is 11.4 Å². The second-order valence-electron chi connectivity index (χ2n) is 10.2. The highest BCUT2D eigenvalue weighted by molar-refractivity contribution is 6.12. The summed E-state index contributed by atoms with van der Waals surface area (Å²) >= 11 is 0. The van der Waals surface area contributed by atoms with E-state index in [1.165, 1.54) is 55.0 Å². The molecule has 0 aliphatic rings. The average molecular weight is 512 g/mol. The molecule has 40 heavy (non-hydrogen) atoms. The van der Waals surface area contributed by atoms with E-state index in [0.29, 0.717) is 0 Å². The number of hydrogen-bond donors (Lipinski definition) is 0. The molecule has 7 aromatic carbocycles. The van der Waals surface area contributed by atoms with Crippen molar-refractivity contribution in [3.63, 3.8) is 0 Å². The first-order chi connectivity index (χ1) is 19.8. The van der Waals surface area contributed by atoms with Crippen LogP contribution in [0.5, 0.6) is 0 Å². The van der Waals surface area contributed by atoms with Gasteiger partial charge in [-0.25, -0.2) is 0 Å². The van der Waals surface area contributed by atoms with Crippen molar-refractivity contribution in [3.05, 3.63) is 163 Å². The lowest BCUT2D eigenvalue weighted by Crippen LogP contribution is -2.14. The molecular weight excluding hydrogens is 482 g/mol. The van der Waals surface area contributed by atoms with E-state index >= 15 is 0 Å². The highest BCUT2D eigenvalue weighted by atomic mass is 15.1. The number of hydrogen-bond acceptors (Lipinski definition) is 1. The van der Waals surface area contributed by atoms with Crippen LogP contribution in [-0.2, 0) is 0 Å². The third-order valence-corrected chi connectivity index (χ3v) is 7.79. The van der Waals surface area contributed by atoms with E-state index in [4.69, 9.17) is 0 Å². The van der Waals surface area contributed by atoms with Crippen LogP contribution in [0.2, 0.25) is 0 Å². The van der Waals surface area contributed by atoms with E-state index in [2.05, 4.69) is 170 Å². The van der Waals surface area contributed by atoms with Crippen molar-refractivity contribution in [2.45, 2.75) is 6.92 Å². The summed E-state index contributed by atoms with van der Waals surface area (Å²) in [5.41, 5.74) is 9.58. The Balaban J connectivity index is 1.61. The Morgan fingerprint density at radius 3 is 1.75 bits per heavy atom. The number of anilines is 3. The van der Waals surface area contributed by atoms with Gasteiger partial charge in [-0.05, 0) is 63.4 Å². The maximum absolute atomic E-state index is 2.46. The number of rotatable bonds is 5. The second-order valence-corrected chi connectivity index (χ2v) is 10.2. The molecule has 0 saturated carbocycles. The summed E-state index contributed by atoms with van der Waals surface area (Å²) in [4.78, 5) is 2.46. The molecule has 0 atom stereocenters. The Kier molecular flexibility index (Phi) is 6.11. The van der Waals surface area contributed by atoms with Crippen molar-refractivity contribution < 1.29 is 0 Å². The minimum absolute atomic E-state index is 1.15. The Bertz CT molecular complexity index is 1960. The van der Waals surface area contributed by atoms with Crippen molar-refractivity contribution in [1.82, 2.24) is 0 Å². The molecule has 0 amide bonds. The molecule has 1 nitrogen and oxygen atoms in total. The Morgan fingerprint density at radius 2 is 0.950 bits per heavy atom. The fourth-order valence-corrected chi connectivity index (χ4v) is 5.91. The van der Waals surface area contributed by atoms with Gasteiger partial charge in [0.1, 0.15) is 0 Å². The zero-order valence-electron chi connectivity index (χ0n) is 22.5. The molecule has 0 saturated heterocycles. The van der Waals surface area contributed by atoms with Gasteiger partial charge in [0.2, 0.25) is 0 Å². The molecule has 190 valence electrons. The third-order valence-electron chi connectivity index (χ3n) is 7.79. The van der Waals surface area contributed by atoms with Gasteiger partial charge in [0.05, 0.1) is 11.4 Å². The summed E-state index contributed by atoms with van der Waals surface area (Å²) < 4.78 is 0. The Labute approximate surface area is 235 Å². The lowest BCUT2D eigenvalue weighted by atomic mass is 9.91. The smallest absolute Gasteiger partial charge is 0.0547 e. The molecule has 0 fully saturated rings. The van der Waals surface area contributed by atoms with Gasteiger partial charge < -0.3 is 4.90 Å². The van der Waals surface area contributed by atoms with Crippen molar-refractivity contribution in [2.75, 3.05) is 4.90 Å². The topological polar surface area (TPSA) is 3.24 Å². The SMILES string of the molecule is Cc1ccccc1N(c1ccccc1-c1ccccc1)c1ccc2ccccc2c1-c1cccc2ccccc12. The first-order valence-corrected chi connectivity index (χ1v) is 13.8. The van der Waals surface area contributed by atoms with E-state index in [1.807, 2.05) is 0 Å². The van der Waals surface area contributed by atoms with Crippen LogP contribution in [0, 0.1) is 6.92 Å². The summed E-state index contributed by atoms with van der Waals surface area (Å²) in [6.45, 7) is 2.20. The van der Waals surface area contributed by atoms with Gasteiger partial charge in [-0.15, -0.1) is 0 Å². The molecule has 0 heterocycles. The zero-order chi connectivity index (χ0) is 26.9. The molecular formula is C39H29N. The van der Waals surface area contributed by atoms with Crippen LogP contribution in [0.1, 0.15) is 5.56 Å². The van der Waals surface area contributed by atoms with Crippen molar-refractivity contribution in [3.8, 4) is 22.3 Å². The minimum Gasteiger partial charge on any atom is -0.309 e. The van der Waals surface area contributed by atoms with Crippen LogP contribution in [0.4, 0.5) is 17.1 Å². The maximum atomic E-state index is 2.46. The van der Waals surface area contributed by atoms with Gasteiger partial charge >= 0.3 is 0 Å². The van der Waals surface area contributed by atoms with Crippen molar-refractivity contribution in [1.29, 1.82) is 0 Å². The predicted molar refractivity (Wildman–Crippen MR) is 172 cm³/mol. The molecule has 0 spiro atoms. The van der Waals surface area contributed by atoms with Crippen LogP contribution in [-0.4, -0.2) is 0 Å². The van der Waals surface area contributed by atoms with E-state index in [-0.39, 0.29) is 0 Å². The normalized spacial score (nSPS) is 11.1. The number of nitrogens with zero attached hydrogens (tertiary/aromatic N) is 1. The number of fused-ring (bicyclic) bond motifs is 2. The van der Waals surface area contributed by atoms with Gasteiger partial charge in [0.15, 0.2) is 0 Å². The molecule has 0 aromatic heterocycles. The van der Waals surface area contributed by atoms with Gasteiger partial charge in [-0.3, -0.25) is 0 Å². The largest absolute Gasteiger partial charge is 0.309 e. The molecule has 0 unspecified atom stereocenters. The van der Waals surface area contributed by atoms with Gasteiger partial charge in [0.25, 0.3) is 0 Å². The summed E-state index contributed by atoms with van der Waals surface area (Å²) in [5, 5.41) is 4.97. The monoisotopic (exact) mass is 511 g/mol. The lowest BCUT2D eigenvalue weighted by Gasteiger charge is -2.32. The highest BCUT2D eigenvalue weighted by Crippen LogP contribution is 2.48. The molecule has 0 aliphatic heterocycles. The molecule has 0 N–H and O–H groups in total. The van der Waals surface area contributed by atoms with E-state index in [9.17, 15) is 0 Å². The average Bonchev–Trinajstić information content (AvgIpc) is 3.02. The Morgan fingerprint density at radius 1 is 0.375 bits per heavy atom. The lowest BCUT2D eigenvalue weighted by molar-refractivity contribution is 1.26. The van der Waals surface area contributed by atoms with Crippen LogP contribution in [0.15, 0.2) is 158 Å². The highest BCUT2D eigenvalue weighted by Gasteiger charge is 2.23.